The van der Waals surface area contributed by atoms with E-state index in [1.807, 2.05) is 6.92 Å². The molecule has 4 heteroatoms. The van der Waals surface area contributed by atoms with Gasteiger partial charge in [-0.2, -0.15) is 0 Å². The van der Waals surface area contributed by atoms with E-state index in [2.05, 4.69) is 19.2 Å². The second-order valence-corrected chi connectivity index (χ2v) is 4.39. The summed E-state index contributed by atoms with van der Waals surface area (Å²) in [7, 11) is 1.51. The number of carbonyl (C=O) groups is 1. The molecule has 0 aromatic heterocycles. The number of aliphatic carboxylic acids is 1. The van der Waals surface area contributed by atoms with Crippen LogP contribution < -0.4 is 5.32 Å². The monoisotopic (exact) mass is 217 g/mol. The van der Waals surface area contributed by atoms with Gasteiger partial charge in [-0.15, -0.1) is 0 Å². The van der Waals surface area contributed by atoms with Gasteiger partial charge in [0, 0.05) is 13.2 Å². The van der Waals surface area contributed by atoms with Crippen LogP contribution in [-0.4, -0.2) is 36.9 Å². The molecule has 2 atom stereocenters. The van der Waals surface area contributed by atoms with Gasteiger partial charge in [0.2, 0.25) is 0 Å². The van der Waals surface area contributed by atoms with Gasteiger partial charge in [0.05, 0.1) is 6.61 Å². The molecule has 0 rings (SSSR count). The average Bonchev–Trinajstić information content (AvgIpc) is 2.14. The first-order chi connectivity index (χ1) is 6.97. The van der Waals surface area contributed by atoms with Crippen molar-refractivity contribution < 1.29 is 14.6 Å². The van der Waals surface area contributed by atoms with E-state index in [-0.39, 0.29) is 12.6 Å². The normalized spacial score (nSPS) is 15.3. The number of ether oxygens (including phenoxy) is 1. The second kappa shape index (κ2) is 7.65. The van der Waals surface area contributed by atoms with E-state index in [9.17, 15) is 4.79 Å². The highest BCUT2D eigenvalue weighted by molar-refractivity contribution is 5.73. The summed E-state index contributed by atoms with van der Waals surface area (Å²) in [5.41, 5.74) is 0. The first kappa shape index (κ1) is 14.4. The largest absolute Gasteiger partial charge is 0.480 e. The zero-order chi connectivity index (χ0) is 11.8. The van der Waals surface area contributed by atoms with Crippen molar-refractivity contribution in [3.05, 3.63) is 0 Å². The lowest BCUT2D eigenvalue weighted by molar-refractivity contribution is -0.141. The van der Waals surface area contributed by atoms with Crippen LogP contribution in [0.4, 0.5) is 0 Å². The molecule has 0 heterocycles. The van der Waals surface area contributed by atoms with E-state index in [1.54, 1.807) is 0 Å². The molecule has 0 bridgehead atoms. The molecule has 0 saturated carbocycles. The Hall–Kier alpha value is -0.610. The van der Waals surface area contributed by atoms with Crippen molar-refractivity contribution in [1.82, 2.24) is 5.32 Å². The first-order valence-electron chi connectivity index (χ1n) is 5.45. The maximum absolute atomic E-state index is 10.8. The number of carboxylic acid groups (broad SMARTS) is 1. The lowest BCUT2D eigenvalue weighted by Gasteiger charge is -2.20. The molecule has 90 valence electrons. The molecule has 4 nitrogen and oxygen atoms in total. The Morgan fingerprint density at radius 1 is 1.33 bits per heavy atom. The van der Waals surface area contributed by atoms with Crippen molar-refractivity contribution in [2.45, 2.75) is 45.7 Å². The van der Waals surface area contributed by atoms with Crippen LogP contribution in [0.15, 0.2) is 0 Å². The number of hydrogen-bond donors (Lipinski definition) is 2. The minimum absolute atomic E-state index is 0.210. The summed E-state index contributed by atoms with van der Waals surface area (Å²) in [6.45, 7) is 6.54. The molecule has 0 aliphatic rings. The summed E-state index contributed by atoms with van der Waals surface area (Å²) in [5.74, 6) is -0.201. The van der Waals surface area contributed by atoms with E-state index in [0.29, 0.717) is 5.92 Å². The minimum atomic E-state index is -0.853. The van der Waals surface area contributed by atoms with Crippen molar-refractivity contribution in [3.63, 3.8) is 0 Å². The fourth-order valence-electron chi connectivity index (χ4n) is 1.37. The van der Waals surface area contributed by atoms with Gasteiger partial charge in [-0.1, -0.05) is 13.8 Å². The molecule has 15 heavy (non-hydrogen) atoms. The molecule has 2 N–H and O–H groups in total. The van der Waals surface area contributed by atoms with Crippen LogP contribution in [-0.2, 0) is 9.53 Å². The van der Waals surface area contributed by atoms with Crippen LogP contribution in [0.1, 0.15) is 33.6 Å². The summed E-state index contributed by atoms with van der Waals surface area (Å²) in [6, 6.07) is -0.388. The highest BCUT2D eigenvalue weighted by Gasteiger charge is 2.18. The van der Waals surface area contributed by atoms with Gasteiger partial charge in [-0.05, 0) is 25.7 Å². The van der Waals surface area contributed by atoms with Gasteiger partial charge < -0.3 is 9.84 Å². The molecule has 0 amide bonds. The molecule has 2 unspecified atom stereocenters. The quantitative estimate of drug-likeness (QED) is 0.647. The van der Waals surface area contributed by atoms with Crippen LogP contribution in [0, 0.1) is 5.92 Å². The Morgan fingerprint density at radius 2 is 1.93 bits per heavy atom. The highest BCUT2D eigenvalue weighted by Crippen LogP contribution is 2.07. The highest BCUT2D eigenvalue weighted by atomic mass is 16.5. The maximum Gasteiger partial charge on any atom is 0.323 e. The van der Waals surface area contributed by atoms with E-state index in [4.69, 9.17) is 9.84 Å². The Labute approximate surface area is 92.0 Å². The van der Waals surface area contributed by atoms with Gasteiger partial charge >= 0.3 is 5.97 Å². The van der Waals surface area contributed by atoms with E-state index < -0.39 is 12.0 Å². The molecule has 0 saturated heterocycles. The lowest BCUT2D eigenvalue weighted by Crippen LogP contribution is -2.45. The fourth-order valence-corrected chi connectivity index (χ4v) is 1.37. The molecule has 0 aliphatic heterocycles. The van der Waals surface area contributed by atoms with Gasteiger partial charge in [-0.3, -0.25) is 10.1 Å². The molecule has 0 aromatic rings. The summed E-state index contributed by atoms with van der Waals surface area (Å²) in [5, 5.41) is 11.9. The molecular formula is C11H23NO3. The average molecular weight is 217 g/mol. The van der Waals surface area contributed by atoms with E-state index in [0.717, 1.165) is 12.8 Å². The summed E-state index contributed by atoms with van der Waals surface area (Å²) >= 11 is 0. The molecular weight excluding hydrogens is 194 g/mol. The van der Waals surface area contributed by atoms with Gasteiger partial charge in [0.1, 0.15) is 6.04 Å². The van der Waals surface area contributed by atoms with Crippen molar-refractivity contribution >= 4 is 5.97 Å². The number of hydrogen-bond acceptors (Lipinski definition) is 3. The fraction of sp³-hybridized carbons (Fsp3) is 0.909. The Morgan fingerprint density at radius 3 is 2.33 bits per heavy atom. The third kappa shape index (κ3) is 7.33. The number of nitrogens with one attached hydrogen (secondary N) is 1. The predicted molar refractivity (Wildman–Crippen MR) is 60.0 cm³/mol. The molecule has 0 spiro atoms. The summed E-state index contributed by atoms with van der Waals surface area (Å²) in [4.78, 5) is 10.8. The van der Waals surface area contributed by atoms with Crippen molar-refractivity contribution in [2.75, 3.05) is 13.7 Å². The Balaban J connectivity index is 3.88. The van der Waals surface area contributed by atoms with Crippen LogP contribution in [0.25, 0.3) is 0 Å². The van der Waals surface area contributed by atoms with Gasteiger partial charge in [-0.25, -0.2) is 0 Å². The standard InChI is InChI=1S/C11H23NO3/c1-8(2)5-6-9(3)12-10(7-15-4)11(13)14/h8-10,12H,5-7H2,1-4H3,(H,13,14). The summed E-state index contributed by atoms with van der Waals surface area (Å²) in [6.07, 6.45) is 2.10. The van der Waals surface area contributed by atoms with Crippen LogP contribution in [0.3, 0.4) is 0 Å². The number of methoxy groups -OCH3 is 1. The van der Waals surface area contributed by atoms with Crippen molar-refractivity contribution in [2.24, 2.45) is 5.92 Å². The Bertz CT molecular complexity index is 183. The van der Waals surface area contributed by atoms with Crippen molar-refractivity contribution in [1.29, 1.82) is 0 Å². The molecule has 0 radical (unpaired) electrons. The lowest BCUT2D eigenvalue weighted by atomic mass is 10.0. The zero-order valence-electron chi connectivity index (χ0n) is 10.1. The van der Waals surface area contributed by atoms with Crippen LogP contribution in [0.2, 0.25) is 0 Å². The molecule has 0 aromatic carbocycles. The van der Waals surface area contributed by atoms with Gasteiger partial charge in [0.15, 0.2) is 0 Å². The van der Waals surface area contributed by atoms with E-state index >= 15 is 0 Å². The number of rotatable bonds is 8. The first-order valence-corrected chi connectivity index (χ1v) is 5.45. The summed E-state index contributed by atoms with van der Waals surface area (Å²) < 4.78 is 4.85. The maximum atomic E-state index is 10.8. The number of carboxylic acids is 1. The van der Waals surface area contributed by atoms with E-state index in [1.165, 1.54) is 7.11 Å². The Kier molecular flexibility index (Phi) is 7.34. The van der Waals surface area contributed by atoms with Gasteiger partial charge in [0.25, 0.3) is 0 Å². The molecule has 0 fully saturated rings. The third-order valence-electron chi connectivity index (χ3n) is 2.29. The zero-order valence-corrected chi connectivity index (χ0v) is 10.1. The smallest absolute Gasteiger partial charge is 0.323 e. The van der Waals surface area contributed by atoms with Crippen LogP contribution >= 0.6 is 0 Å². The third-order valence-corrected chi connectivity index (χ3v) is 2.29. The SMILES string of the molecule is COCC(NC(C)CCC(C)C)C(=O)O. The van der Waals surface area contributed by atoms with Crippen molar-refractivity contribution in [3.8, 4) is 0 Å². The molecule has 0 aliphatic carbocycles. The topological polar surface area (TPSA) is 58.6 Å². The van der Waals surface area contributed by atoms with Crippen LogP contribution in [0.5, 0.6) is 0 Å². The second-order valence-electron chi connectivity index (χ2n) is 4.39. The minimum Gasteiger partial charge on any atom is -0.480 e. The predicted octanol–water partition coefficient (Wildman–Crippen LogP) is 1.50.